The van der Waals surface area contributed by atoms with Gasteiger partial charge in [-0.25, -0.2) is 0 Å². The van der Waals surface area contributed by atoms with Crippen LogP contribution in [0.2, 0.25) is 0 Å². The number of hydrogen-bond donors (Lipinski definition) is 1. The molecule has 0 aromatic heterocycles. The fraction of sp³-hybridized carbons (Fsp3) is 1.00. The molecule has 1 N–H and O–H groups in total. The van der Waals surface area contributed by atoms with E-state index in [1.54, 1.807) is 0 Å². The van der Waals surface area contributed by atoms with E-state index in [0.29, 0.717) is 0 Å². The van der Waals surface area contributed by atoms with Crippen molar-refractivity contribution in [2.75, 3.05) is 40.3 Å². The molecule has 0 radical (unpaired) electrons. The molecule has 1 aliphatic heterocycles. The summed E-state index contributed by atoms with van der Waals surface area (Å²) < 4.78 is 0. The van der Waals surface area contributed by atoms with Crippen LogP contribution in [0, 0.1) is 5.92 Å². The minimum absolute atomic E-state index is 0.769. The van der Waals surface area contributed by atoms with Crippen LogP contribution in [-0.4, -0.2) is 62.2 Å². The van der Waals surface area contributed by atoms with Crippen molar-refractivity contribution >= 4 is 0 Å². The Morgan fingerprint density at radius 2 is 2.05 bits per heavy atom. The molecule has 0 bridgehead atoms. The predicted molar refractivity (Wildman–Crippen MR) is 82.6 cm³/mol. The van der Waals surface area contributed by atoms with Crippen molar-refractivity contribution in [3.63, 3.8) is 0 Å². The Balaban J connectivity index is 1.61. The van der Waals surface area contributed by atoms with Gasteiger partial charge in [-0.2, -0.15) is 0 Å². The molecule has 1 heterocycles. The van der Waals surface area contributed by atoms with Crippen LogP contribution in [-0.2, 0) is 0 Å². The summed E-state index contributed by atoms with van der Waals surface area (Å²) in [5.41, 5.74) is 0. The van der Waals surface area contributed by atoms with Crippen molar-refractivity contribution in [3.05, 3.63) is 0 Å². The van der Waals surface area contributed by atoms with Gasteiger partial charge < -0.3 is 15.1 Å². The molecule has 19 heavy (non-hydrogen) atoms. The second-order valence-corrected chi connectivity index (χ2v) is 6.96. The monoisotopic (exact) mass is 267 g/mol. The lowest BCUT2D eigenvalue weighted by molar-refractivity contribution is 0.133. The fourth-order valence-corrected chi connectivity index (χ4v) is 3.75. The van der Waals surface area contributed by atoms with E-state index >= 15 is 0 Å². The zero-order valence-electron chi connectivity index (χ0n) is 13.2. The first kappa shape index (κ1) is 15.3. The van der Waals surface area contributed by atoms with Crippen LogP contribution in [0.1, 0.15) is 45.4 Å². The summed E-state index contributed by atoms with van der Waals surface area (Å²) >= 11 is 0. The van der Waals surface area contributed by atoms with E-state index in [1.807, 2.05) is 0 Å². The summed E-state index contributed by atoms with van der Waals surface area (Å²) in [6.45, 7) is 7.29. The highest BCUT2D eigenvalue weighted by Gasteiger charge is 2.21. The van der Waals surface area contributed by atoms with Gasteiger partial charge >= 0.3 is 0 Å². The Labute approximate surface area is 119 Å². The van der Waals surface area contributed by atoms with Crippen LogP contribution in [0.3, 0.4) is 0 Å². The van der Waals surface area contributed by atoms with E-state index in [9.17, 15) is 0 Å². The maximum absolute atomic E-state index is 3.78. The highest BCUT2D eigenvalue weighted by atomic mass is 15.2. The quantitative estimate of drug-likeness (QED) is 0.824. The maximum atomic E-state index is 3.78. The SMILES string of the molecule is CC1CCCC(NCCN(C)C2CCCN(C)C2)C1. The van der Waals surface area contributed by atoms with Gasteiger partial charge in [-0.1, -0.05) is 19.8 Å². The van der Waals surface area contributed by atoms with Gasteiger partial charge in [0.25, 0.3) is 0 Å². The number of nitrogens with zero attached hydrogens (tertiary/aromatic N) is 2. The number of nitrogens with one attached hydrogen (secondary N) is 1. The number of likely N-dealkylation sites (N-methyl/N-ethyl adjacent to an activating group) is 2. The number of piperidine rings is 1. The van der Waals surface area contributed by atoms with Crippen LogP contribution in [0.15, 0.2) is 0 Å². The summed E-state index contributed by atoms with van der Waals surface area (Å²) in [6.07, 6.45) is 8.37. The Bertz CT molecular complexity index is 256. The molecule has 2 aliphatic rings. The van der Waals surface area contributed by atoms with Gasteiger partial charge in [0.15, 0.2) is 0 Å². The molecule has 3 atom stereocenters. The normalized spacial score (nSPS) is 33.8. The topological polar surface area (TPSA) is 18.5 Å². The fourth-order valence-electron chi connectivity index (χ4n) is 3.75. The largest absolute Gasteiger partial charge is 0.313 e. The third kappa shape index (κ3) is 5.05. The Morgan fingerprint density at radius 1 is 1.21 bits per heavy atom. The molecule has 3 nitrogen and oxygen atoms in total. The van der Waals surface area contributed by atoms with E-state index in [2.05, 4.69) is 36.1 Å². The van der Waals surface area contributed by atoms with Crippen LogP contribution < -0.4 is 5.32 Å². The number of hydrogen-bond acceptors (Lipinski definition) is 3. The molecular weight excluding hydrogens is 234 g/mol. The predicted octanol–water partition coefficient (Wildman–Crippen LogP) is 2.18. The van der Waals surface area contributed by atoms with E-state index in [-0.39, 0.29) is 0 Å². The first-order valence-electron chi connectivity index (χ1n) is 8.27. The standard InChI is InChI=1S/C16H33N3/c1-14-6-4-7-15(12-14)17-9-11-19(3)16-8-5-10-18(2)13-16/h14-17H,4-13H2,1-3H3. The van der Waals surface area contributed by atoms with Crippen LogP contribution >= 0.6 is 0 Å². The molecule has 0 spiro atoms. The maximum Gasteiger partial charge on any atom is 0.0221 e. The smallest absolute Gasteiger partial charge is 0.0221 e. The summed E-state index contributed by atoms with van der Waals surface area (Å²) in [5, 5.41) is 3.78. The van der Waals surface area contributed by atoms with Crippen molar-refractivity contribution in [2.24, 2.45) is 5.92 Å². The van der Waals surface area contributed by atoms with Crippen molar-refractivity contribution < 1.29 is 0 Å². The van der Waals surface area contributed by atoms with E-state index in [0.717, 1.165) is 24.5 Å². The average molecular weight is 267 g/mol. The van der Waals surface area contributed by atoms with Crippen molar-refractivity contribution in [3.8, 4) is 0 Å². The van der Waals surface area contributed by atoms with Gasteiger partial charge in [-0.15, -0.1) is 0 Å². The molecule has 3 unspecified atom stereocenters. The molecule has 2 rings (SSSR count). The number of likely N-dealkylation sites (tertiary alicyclic amines) is 1. The molecule has 1 aliphatic carbocycles. The average Bonchev–Trinajstić information content (AvgIpc) is 2.38. The van der Waals surface area contributed by atoms with Crippen molar-refractivity contribution in [1.29, 1.82) is 0 Å². The molecule has 2 fully saturated rings. The van der Waals surface area contributed by atoms with E-state index in [1.165, 1.54) is 58.2 Å². The van der Waals surface area contributed by atoms with Gasteiger partial charge in [0.1, 0.15) is 0 Å². The van der Waals surface area contributed by atoms with Gasteiger partial charge in [0, 0.05) is 31.7 Å². The first-order chi connectivity index (χ1) is 9.15. The highest BCUT2D eigenvalue weighted by Crippen LogP contribution is 2.23. The summed E-state index contributed by atoms with van der Waals surface area (Å²) in [6, 6.07) is 1.55. The zero-order valence-corrected chi connectivity index (χ0v) is 13.2. The molecule has 112 valence electrons. The van der Waals surface area contributed by atoms with Gasteiger partial charge in [-0.3, -0.25) is 0 Å². The molecular formula is C16H33N3. The molecule has 0 aromatic rings. The zero-order chi connectivity index (χ0) is 13.7. The van der Waals surface area contributed by atoms with Gasteiger partial charge in [-0.05, 0) is 52.2 Å². The minimum Gasteiger partial charge on any atom is -0.313 e. The molecule has 0 aromatic carbocycles. The lowest BCUT2D eigenvalue weighted by Gasteiger charge is -2.36. The van der Waals surface area contributed by atoms with Gasteiger partial charge in [0.05, 0.1) is 0 Å². The minimum atomic E-state index is 0.769. The molecule has 1 saturated carbocycles. The van der Waals surface area contributed by atoms with Crippen molar-refractivity contribution in [1.82, 2.24) is 15.1 Å². The lowest BCUT2D eigenvalue weighted by atomic mass is 9.87. The lowest BCUT2D eigenvalue weighted by Crippen LogP contribution is -2.47. The third-order valence-electron chi connectivity index (χ3n) is 5.06. The molecule has 0 amide bonds. The Morgan fingerprint density at radius 3 is 2.79 bits per heavy atom. The summed E-state index contributed by atoms with van der Waals surface area (Å²) in [5.74, 6) is 0.927. The van der Waals surface area contributed by atoms with Crippen LogP contribution in [0.4, 0.5) is 0 Å². The highest BCUT2D eigenvalue weighted by molar-refractivity contribution is 4.79. The first-order valence-corrected chi connectivity index (χ1v) is 8.27. The second-order valence-electron chi connectivity index (χ2n) is 6.96. The molecule has 3 heteroatoms. The third-order valence-corrected chi connectivity index (χ3v) is 5.06. The summed E-state index contributed by atoms with van der Waals surface area (Å²) in [7, 11) is 4.55. The van der Waals surface area contributed by atoms with Crippen LogP contribution in [0.5, 0.6) is 0 Å². The molecule has 1 saturated heterocycles. The summed E-state index contributed by atoms with van der Waals surface area (Å²) in [4.78, 5) is 5.04. The van der Waals surface area contributed by atoms with Gasteiger partial charge in [0.2, 0.25) is 0 Å². The van der Waals surface area contributed by atoms with Crippen molar-refractivity contribution in [2.45, 2.75) is 57.5 Å². The van der Waals surface area contributed by atoms with E-state index < -0.39 is 0 Å². The Hall–Kier alpha value is -0.120. The number of rotatable bonds is 5. The second kappa shape index (κ2) is 7.61. The van der Waals surface area contributed by atoms with Crippen LogP contribution in [0.25, 0.3) is 0 Å². The Kier molecular flexibility index (Phi) is 6.11. The van der Waals surface area contributed by atoms with E-state index in [4.69, 9.17) is 0 Å².